The maximum absolute atomic E-state index is 8.57. The first-order chi connectivity index (χ1) is 5.92. The van der Waals surface area contributed by atoms with Gasteiger partial charge in [-0.3, -0.25) is 0 Å². The van der Waals surface area contributed by atoms with Gasteiger partial charge in [-0.05, 0) is 28.5 Å². The zero-order valence-corrected chi connectivity index (χ0v) is 7.27. The van der Waals surface area contributed by atoms with E-state index < -0.39 is 0 Å². The SMILES string of the molecule is N#CCc1cccc2sccc12. The number of nitriles is 1. The summed E-state index contributed by atoms with van der Waals surface area (Å²) in [6, 6.07) is 10.3. The van der Waals surface area contributed by atoms with E-state index in [2.05, 4.69) is 23.6 Å². The van der Waals surface area contributed by atoms with Gasteiger partial charge in [0.25, 0.3) is 0 Å². The van der Waals surface area contributed by atoms with Gasteiger partial charge in [-0.25, -0.2) is 0 Å². The van der Waals surface area contributed by atoms with Crippen molar-refractivity contribution in [1.29, 1.82) is 5.26 Å². The molecule has 0 atom stereocenters. The molecule has 0 bridgehead atoms. The summed E-state index contributed by atoms with van der Waals surface area (Å²) in [5.74, 6) is 0. The van der Waals surface area contributed by atoms with Crippen molar-refractivity contribution in [3.05, 3.63) is 35.2 Å². The highest BCUT2D eigenvalue weighted by Crippen LogP contribution is 2.23. The molecular weight excluding hydrogens is 166 g/mol. The second-order valence-electron chi connectivity index (χ2n) is 2.58. The van der Waals surface area contributed by atoms with Crippen LogP contribution in [0.25, 0.3) is 10.1 Å². The van der Waals surface area contributed by atoms with Crippen molar-refractivity contribution in [3.8, 4) is 6.07 Å². The fourth-order valence-corrected chi connectivity index (χ4v) is 2.13. The van der Waals surface area contributed by atoms with Crippen molar-refractivity contribution in [1.82, 2.24) is 0 Å². The normalized spacial score (nSPS) is 9.92. The molecule has 1 aromatic heterocycles. The van der Waals surface area contributed by atoms with Crippen molar-refractivity contribution in [3.63, 3.8) is 0 Å². The van der Waals surface area contributed by atoms with Gasteiger partial charge in [0.1, 0.15) is 0 Å². The second kappa shape index (κ2) is 2.96. The fraction of sp³-hybridized carbons (Fsp3) is 0.100. The van der Waals surface area contributed by atoms with Gasteiger partial charge >= 0.3 is 0 Å². The van der Waals surface area contributed by atoms with E-state index in [1.807, 2.05) is 12.1 Å². The van der Waals surface area contributed by atoms with Crippen LogP contribution in [0, 0.1) is 11.3 Å². The molecule has 58 valence electrons. The van der Waals surface area contributed by atoms with Gasteiger partial charge < -0.3 is 0 Å². The number of hydrogen-bond donors (Lipinski definition) is 0. The van der Waals surface area contributed by atoms with Crippen LogP contribution in [0.4, 0.5) is 0 Å². The molecule has 0 aliphatic heterocycles. The average molecular weight is 173 g/mol. The summed E-state index contributed by atoms with van der Waals surface area (Å²) >= 11 is 1.72. The summed E-state index contributed by atoms with van der Waals surface area (Å²) in [4.78, 5) is 0. The zero-order valence-electron chi connectivity index (χ0n) is 6.45. The molecule has 2 heteroatoms. The van der Waals surface area contributed by atoms with E-state index in [-0.39, 0.29) is 0 Å². The van der Waals surface area contributed by atoms with Gasteiger partial charge in [-0.2, -0.15) is 5.26 Å². The summed E-state index contributed by atoms with van der Waals surface area (Å²) in [6.45, 7) is 0. The Kier molecular flexibility index (Phi) is 1.81. The van der Waals surface area contributed by atoms with Crippen molar-refractivity contribution in [2.45, 2.75) is 6.42 Å². The molecule has 0 saturated heterocycles. The largest absolute Gasteiger partial charge is 0.198 e. The van der Waals surface area contributed by atoms with Crippen LogP contribution in [-0.4, -0.2) is 0 Å². The lowest BCUT2D eigenvalue weighted by molar-refractivity contribution is 1.29. The molecule has 12 heavy (non-hydrogen) atoms. The molecule has 0 aliphatic rings. The maximum atomic E-state index is 8.57. The topological polar surface area (TPSA) is 23.8 Å². The van der Waals surface area contributed by atoms with Crippen LogP contribution in [0.2, 0.25) is 0 Å². The molecule has 1 nitrogen and oxygen atoms in total. The predicted molar refractivity (Wildman–Crippen MR) is 51.1 cm³/mol. The van der Waals surface area contributed by atoms with Gasteiger partial charge in [0.2, 0.25) is 0 Å². The average Bonchev–Trinajstić information content (AvgIpc) is 2.53. The van der Waals surface area contributed by atoms with Crippen LogP contribution in [-0.2, 0) is 6.42 Å². The number of benzene rings is 1. The van der Waals surface area contributed by atoms with Gasteiger partial charge in [0.15, 0.2) is 0 Å². The summed E-state index contributed by atoms with van der Waals surface area (Å²) < 4.78 is 1.27. The Hall–Kier alpha value is -1.33. The number of nitrogens with zero attached hydrogens (tertiary/aromatic N) is 1. The summed E-state index contributed by atoms with van der Waals surface area (Å²) in [6.07, 6.45) is 0.508. The molecule has 2 aromatic rings. The molecule has 1 aromatic carbocycles. The Morgan fingerprint density at radius 2 is 2.25 bits per heavy atom. The number of hydrogen-bond acceptors (Lipinski definition) is 2. The highest BCUT2D eigenvalue weighted by atomic mass is 32.1. The van der Waals surface area contributed by atoms with Gasteiger partial charge in [-0.15, -0.1) is 11.3 Å². The van der Waals surface area contributed by atoms with Crippen molar-refractivity contribution in [2.24, 2.45) is 0 Å². The van der Waals surface area contributed by atoms with Gasteiger partial charge in [-0.1, -0.05) is 12.1 Å². The third kappa shape index (κ3) is 1.09. The molecule has 0 aliphatic carbocycles. The summed E-state index contributed by atoms with van der Waals surface area (Å²) in [7, 11) is 0. The first-order valence-corrected chi connectivity index (χ1v) is 4.62. The van der Waals surface area contributed by atoms with Crippen LogP contribution >= 0.6 is 11.3 Å². The van der Waals surface area contributed by atoms with E-state index in [1.54, 1.807) is 11.3 Å². The summed E-state index contributed by atoms with van der Waals surface area (Å²) in [5, 5.41) is 11.9. The smallest absolute Gasteiger partial charge is 0.0669 e. The van der Waals surface area contributed by atoms with Crippen molar-refractivity contribution >= 4 is 21.4 Å². The third-order valence-electron chi connectivity index (χ3n) is 1.86. The quantitative estimate of drug-likeness (QED) is 0.650. The van der Waals surface area contributed by atoms with E-state index >= 15 is 0 Å². The predicted octanol–water partition coefficient (Wildman–Crippen LogP) is 2.97. The lowest BCUT2D eigenvalue weighted by Gasteiger charge is -1.95. The van der Waals surface area contributed by atoms with Crippen LogP contribution in [0.15, 0.2) is 29.6 Å². The highest BCUT2D eigenvalue weighted by molar-refractivity contribution is 7.17. The minimum Gasteiger partial charge on any atom is -0.198 e. The molecule has 2 rings (SSSR count). The van der Waals surface area contributed by atoms with E-state index in [9.17, 15) is 0 Å². The second-order valence-corrected chi connectivity index (χ2v) is 3.53. The van der Waals surface area contributed by atoms with Crippen LogP contribution in [0.3, 0.4) is 0 Å². The molecule has 1 heterocycles. The minimum absolute atomic E-state index is 0.508. The Morgan fingerprint density at radius 1 is 1.33 bits per heavy atom. The maximum Gasteiger partial charge on any atom is 0.0669 e. The first-order valence-electron chi connectivity index (χ1n) is 3.74. The lowest BCUT2D eigenvalue weighted by Crippen LogP contribution is -1.80. The molecule has 0 fully saturated rings. The molecule has 0 unspecified atom stereocenters. The van der Waals surface area contributed by atoms with E-state index in [1.165, 1.54) is 10.1 Å². The Bertz CT molecular complexity index is 436. The highest BCUT2D eigenvalue weighted by Gasteiger charge is 1.99. The minimum atomic E-state index is 0.508. The van der Waals surface area contributed by atoms with Crippen LogP contribution in [0.5, 0.6) is 0 Å². The Labute approximate surface area is 74.9 Å². The van der Waals surface area contributed by atoms with Crippen LogP contribution in [0.1, 0.15) is 5.56 Å². The molecule has 0 N–H and O–H groups in total. The molecule has 0 spiro atoms. The Balaban J connectivity index is 2.67. The van der Waals surface area contributed by atoms with E-state index in [0.29, 0.717) is 6.42 Å². The molecule has 0 radical (unpaired) electrons. The molecule has 0 saturated carbocycles. The fourth-order valence-electron chi connectivity index (χ4n) is 1.30. The monoisotopic (exact) mass is 173 g/mol. The van der Waals surface area contributed by atoms with Crippen LogP contribution < -0.4 is 0 Å². The van der Waals surface area contributed by atoms with E-state index in [4.69, 9.17) is 5.26 Å². The summed E-state index contributed by atoms with van der Waals surface area (Å²) in [5.41, 5.74) is 1.14. The first kappa shape index (κ1) is 7.33. The van der Waals surface area contributed by atoms with Gasteiger partial charge in [0.05, 0.1) is 12.5 Å². The van der Waals surface area contributed by atoms with Crippen molar-refractivity contribution < 1.29 is 0 Å². The van der Waals surface area contributed by atoms with Gasteiger partial charge in [0, 0.05) is 4.70 Å². The number of fused-ring (bicyclic) bond motifs is 1. The van der Waals surface area contributed by atoms with E-state index in [0.717, 1.165) is 5.56 Å². The number of rotatable bonds is 1. The third-order valence-corrected chi connectivity index (χ3v) is 2.74. The molecule has 0 amide bonds. The zero-order chi connectivity index (χ0) is 8.39. The number of thiophene rings is 1. The lowest BCUT2D eigenvalue weighted by atomic mass is 10.1. The Morgan fingerprint density at radius 3 is 3.08 bits per heavy atom. The van der Waals surface area contributed by atoms with Crippen molar-refractivity contribution in [2.75, 3.05) is 0 Å². The standard InChI is InChI=1S/C10H7NS/c11-6-4-8-2-1-3-10-9(8)5-7-12-10/h1-3,5,7H,4H2. The molecular formula is C10H7NS.